The van der Waals surface area contributed by atoms with Crippen LogP contribution in [0, 0.1) is 0 Å². The van der Waals surface area contributed by atoms with Crippen molar-refractivity contribution < 1.29 is 4.74 Å². The van der Waals surface area contributed by atoms with Gasteiger partial charge in [0.1, 0.15) is 11.4 Å². The minimum absolute atomic E-state index is 0.258. The van der Waals surface area contributed by atoms with E-state index in [1.807, 2.05) is 23.0 Å². The maximum Gasteiger partial charge on any atom is 0.137 e. The molecule has 1 saturated heterocycles. The molecular formula is C25H30N6O. The molecule has 0 amide bonds. The fraction of sp³-hybridized carbons (Fsp3) is 0.360. The molecule has 4 aromatic rings. The minimum atomic E-state index is 0.258. The summed E-state index contributed by atoms with van der Waals surface area (Å²) in [6.45, 7) is 6.97. The lowest BCUT2D eigenvalue weighted by atomic mass is 10.1. The van der Waals surface area contributed by atoms with E-state index in [9.17, 15) is 0 Å². The van der Waals surface area contributed by atoms with E-state index >= 15 is 0 Å². The number of likely N-dealkylation sites (N-methyl/N-ethyl adjacent to an activating group) is 1. The van der Waals surface area contributed by atoms with E-state index in [1.54, 1.807) is 7.11 Å². The van der Waals surface area contributed by atoms with E-state index in [-0.39, 0.29) is 6.04 Å². The largest absolute Gasteiger partial charge is 0.497 e. The van der Waals surface area contributed by atoms with Gasteiger partial charge in [-0.1, -0.05) is 6.07 Å². The molecule has 7 nitrogen and oxygen atoms in total. The van der Waals surface area contributed by atoms with Gasteiger partial charge in [0.2, 0.25) is 0 Å². The van der Waals surface area contributed by atoms with Crippen molar-refractivity contribution in [3.05, 3.63) is 72.3 Å². The van der Waals surface area contributed by atoms with Crippen LogP contribution in [0.25, 0.3) is 16.9 Å². The number of hydrogen-bond acceptors (Lipinski definition) is 5. The number of imidazole rings is 1. The van der Waals surface area contributed by atoms with E-state index in [2.05, 4.69) is 76.0 Å². The average Bonchev–Trinajstić information content (AvgIpc) is 3.47. The molecule has 32 heavy (non-hydrogen) atoms. The van der Waals surface area contributed by atoms with Gasteiger partial charge in [0.05, 0.1) is 30.7 Å². The lowest BCUT2D eigenvalue weighted by molar-refractivity contribution is 0.0885. The van der Waals surface area contributed by atoms with Crippen molar-refractivity contribution in [2.75, 3.05) is 33.8 Å². The Balaban J connectivity index is 1.41. The Morgan fingerprint density at radius 3 is 2.66 bits per heavy atom. The van der Waals surface area contributed by atoms with Gasteiger partial charge >= 0.3 is 0 Å². The van der Waals surface area contributed by atoms with Gasteiger partial charge in [-0.05, 0) is 55.9 Å². The summed E-state index contributed by atoms with van der Waals surface area (Å²) in [7, 11) is 3.89. The summed E-state index contributed by atoms with van der Waals surface area (Å²) in [5, 5.41) is 4.43. The van der Waals surface area contributed by atoms with Crippen LogP contribution in [0.5, 0.6) is 5.75 Å². The van der Waals surface area contributed by atoms with Gasteiger partial charge in [-0.2, -0.15) is 5.10 Å². The average molecular weight is 431 g/mol. The fourth-order valence-corrected chi connectivity index (χ4v) is 4.50. The van der Waals surface area contributed by atoms with Gasteiger partial charge in [0.15, 0.2) is 0 Å². The zero-order valence-electron chi connectivity index (χ0n) is 19.0. The van der Waals surface area contributed by atoms with Gasteiger partial charge < -0.3 is 4.74 Å². The Bertz CT molecular complexity index is 1190. The van der Waals surface area contributed by atoms with Crippen LogP contribution in [0.1, 0.15) is 24.2 Å². The zero-order chi connectivity index (χ0) is 22.1. The molecule has 0 bridgehead atoms. The smallest absolute Gasteiger partial charge is 0.137 e. The topological polar surface area (TPSA) is 50.8 Å². The second-order valence-corrected chi connectivity index (χ2v) is 8.47. The summed E-state index contributed by atoms with van der Waals surface area (Å²) >= 11 is 0. The highest BCUT2D eigenvalue weighted by atomic mass is 16.5. The molecule has 0 saturated carbocycles. The van der Waals surface area contributed by atoms with Crippen LogP contribution in [0.15, 0.2) is 61.1 Å². The monoisotopic (exact) mass is 430 g/mol. The van der Waals surface area contributed by atoms with Crippen molar-refractivity contribution in [3.63, 3.8) is 0 Å². The summed E-state index contributed by atoms with van der Waals surface area (Å²) < 4.78 is 9.51. The van der Waals surface area contributed by atoms with Gasteiger partial charge in [0.25, 0.3) is 0 Å². The van der Waals surface area contributed by atoms with Crippen LogP contribution in [0.3, 0.4) is 0 Å². The van der Waals surface area contributed by atoms with Crippen molar-refractivity contribution >= 4 is 5.65 Å². The molecule has 7 heteroatoms. The second kappa shape index (κ2) is 8.76. The molecule has 1 atom stereocenters. The molecule has 0 aliphatic carbocycles. The summed E-state index contributed by atoms with van der Waals surface area (Å²) in [6, 6.07) is 14.7. The number of hydrogen-bond donors (Lipinski definition) is 0. The lowest BCUT2D eigenvalue weighted by Crippen LogP contribution is -2.46. The SMILES string of the molecule is CCn1cc(CN2CCN(C)[C@@H](c3cn4c(-c5ccc(OC)cc5)cccc4n3)C2)cn1. The van der Waals surface area contributed by atoms with E-state index in [1.165, 1.54) is 5.56 Å². The molecule has 4 heterocycles. The van der Waals surface area contributed by atoms with Crippen molar-refractivity contribution in [1.29, 1.82) is 0 Å². The second-order valence-electron chi connectivity index (χ2n) is 8.47. The molecule has 0 N–H and O–H groups in total. The fourth-order valence-electron chi connectivity index (χ4n) is 4.50. The van der Waals surface area contributed by atoms with Crippen molar-refractivity contribution in [1.82, 2.24) is 29.0 Å². The van der Waals surface area contributed by atoms with Gasteiger partial charge in [0, 0.05) is 50.7 Å². The van der Waals surface area contributed by atoms with Gasteiger partial charge in [-0.25, -0.2) is 4.98 Å². The molecule has 166 valence electrons. The van der Waals surface area contributed by atoms with Crippen LogP contribution in [0.4, 0.5) is 0 Å². The molecule has 1 aromatic carbocycles. The Kier molecular flexibility index (Phi) is 5.68. The maximum absolute atomic E-state index is 5.31. The molecular weight excluding hydrogens is 400 g/mol. The number of benzene rings is 1. The minimum Gasteiger partial charge on any atom is -0.497 e. The number of fused-ring (bicyclic) bond motifs is 1. The highest BCUT2D eigenvalue weighted by Gasteiger charge is 2.28. The highest BCUT2D eigenvalue weighted by Crippen LogP contribution is 2.28. The number of rotatable bonds is 6. The molecule has 0 spiro atoms. The number of ether oxygens (including phenoxy) is 1. The number of aryl methyl sites for hydroxylation is 1. The number of methoxy groups -OCH3 is 1. The highest BCUT2D eigenvalue weighted by molar-refractivity contribution is 5.64. The van der Waals surface area contributed by atoms with E-state index in [0.717, 1.165) is 61.1 Å². The third-order valence-corrected chi connectivity index (χ3v) is 6.39. The number of aromatic nitrogens is 4. The first-order valence-corrected chi connectivity index (χ1v) is 11.2. The third-order valence-electron chi connectivity index (χ3n) is 6.39. The third kappa shape index (κ3) is 4.01. The van der Waals surface area contributed by atoms with Crippen molar-refractivity contribution in [3.8, 4) is 17.0 Å². The number of piperazine rings is 1. The van der Waals surface area contributed by atoms with Crippen LogP contribution in [0.2, 0.25) is 0 Å². The number of pyridine rings is 1. The molecule has 1 aliphatic heterocycles. The molecule has 3 aromatic heterocycles. The normalized spacial score (nSPS) is 17.8. The van der Waals surface area contributed by atoms with E-state index < -0.39 is 0 Å². The van der Waals surface area contributed by atoms with Crippen LogP contribution < -0.4 is 4.74 Å². The summed E-state index contributed by atoms with van der Waals surface area (Å²) in [6.07, 6.45) is 6.34. The Hall–Kier alpha value is -3.16. The maximum atomic E-state index is 5.31. The quantitative estimate of drug-likeness (QED) is 0.467. The Labute approximate surface area is 188 Å². The van der Waals surface area contributed by atoms with Crippen LogP contribution in [-0.4, -0.2) is 62.8 Å². The zero-order valence-corrected chi connectivity index (χ0v) is 19.0. The van der Waals surface area contributed by atoms with Crippen LogP contribution in [-0.2, 0) is 13.1 Å². The lowest BCUT2D eigenvalue weighted by Gasteiger charge is -2.38. The molecule has 0 unspecified atom stereocenters. The summed E-state index contributed by atoms with van der Waals surface area (Å²) in [5.74, 6) is 0.862. The molecule has 0 radical (unpaired) electrons. The summed E-state index contributed by atoms with van der Waals surface area (Å²) in [4.78, 5) is 9.95. The molecule has 1 aliphatic rings. The van der Waals surface area contributed by atoms with Crippen molar-refractivity contribution in [2.24, 2.45) is 0 Å². The molecule has 1 fully saturated rings. The first-order chi connectivity index (χ1) is 15.6. The van der Waals surface area contributed by atoms with Gasteiger partial charge in [-0.15, -0.1) is 0 Å². The van der Waals surface area contributed by atoms with Crippen molar-refractivity contribution in [2.45, 2.75) is 26.1 Å². The van der Waals surface area contributed by atoms with Crippen LogP contribution >= 0.6 is 0 Å². The van der Waals surface area contributed by atoms with E-state index in [4.69, 9.17) is 9.72 Å². The first kappa shape index (κ1) is 20.7. The van der Waals surface area contributed by atoms with E-state index in [0.29, 0.717) is 0 Å². The standard InChI is InChI=1S/C25H30N6O/c1-4-30-16-19(14-26-30)15-29-13-12-28(2)24(18-29)22-17-31-23(6-5-7-25(31)27-22)20-8-10-21(32-3)11-9-20/h5-11,14,16-17,24H,4,12-13,15,18H2,1-3H3/t24-/m1/s1. The molecule has 5 rings (SSSR count). The number of nitrogens with zero attached hydrogens (tertiary/aromatic N) is 6. The first-order valence-electron chi connectivity index (χ1n) is 11.2. The predicted octanol–water partition coefficient (Wildman–Crippen LogP) is 3.72. The Morgan fingerprint density at radius 1 is 1.06 bits per heavy atom. The predicted molar refractivity (Wildman–Crippen MR) is 126 cm³/mol. The Morgan fingerprint density at radius 2 is 1.91 bits per heavy atom. The van der Waals surface area contributed by atoms with Gasteiger partial charge in [-0.3, -0.25) is 18.9 Å². The summed E-state index contributed by atoms with van der Waals surface area (Å²) in [5.41, 5.74) is 5.63.